The van der Waals surface area contributed by atoms with Gasteiger partial charge in [0.15, 0.2) is 0 Å². The van der Waals surface area contributed by atoms with Gasteiger partial charge in [0.1, 0.15) is 6.04 Å². The van der Waals surface area contributed by atoms with Crippen LogP contribution in [0.4, 0.5) is 11.4 Å². The molecule has 2 aromatic carbocycles. The van der Waals surface area contributed by atoms with Gasteiger partial charge in [0, 0.05) is 24.3 Å². The first kappa shape index (κ1) is 26.3. The minimum atomic E-state index is -1.21. The normalized spacial score (nSPS) is 15.8. The lowest BCUT2D eigenvalue weighted by Gasteiger charge is -2.27. The topological polar surface area (TPSA) is 116 Å². The van der Waals surface area contributed by atoms with Crippen molar-refractivity contribution in [3.63, 3.8) is 0 Å². The molecule has 0 spiro atoms. The third kappa shape index (κ3) is 5.86. The van der Waals surface area contributed by atoms with E-state index in [-0.39, 0.29) is 17.7 Å². The summed E-state index contributed by atoms with van der Waals surface area (Å²) >= 11 is 0. The molecule has 1 heterocycles. The minimum Gasteiger partial charge on any atom is -0.326 e. The molecule has 9 nitrogen and oxygen atoms in total. The number of allylic oxidation sites excluding steroid dienone is 1. The molecule has 3 rings (SSSR count). The number of nitrogens with zero attached hydrogens (tertiary/aromatic N) is 2. The Bertz CT molecular complexity index is 1210. The highest BCUT2D eigenvalue weighted by Gasteiger charge is 2.45. The predicted octanol–water partition coefficient (Wildman–Crippen LogP) is 3.32. The van der Waals surface area contributed by atoms with Gasteiger partial charge >= 0.3 is 0 Å². The molecule has 2 N–H and O–H groups in total. The highest BCUT2D eigenvalue weighted by atomic mass is 16.2. The second-order valence-corrected chi connectivity index (χ2v) is 9.49. The number of benzene rings is 2. The van der Waals surface area contributed by atoms with Gasteiger partial charge in [-0.1, -0.05) is 39.0 Å². The summed E-state index contributed by atoms with van der Waals surface area (Å²) in [5.41, 5.74) is 4.58. The molecule has 1 saturated heterocycles. The predicted molar refractivity (Wildman–Crippen MR) is 136 cm³/mol. The van der Waals surface area contributed by atoms with E-state index in [1.807, 2.05) is 12.1 Å². The summed E-state index contributed by atoms with van der Waals surface area (Å²) in [6.07, 6.45) is 2.41. The SMILES string of the molecule is CC=CC(=O)N(NC(=O)c1ccc(C(C)(C)C)cc1)C1CC(=O)N(c2ccc(NC(C)=O)cc2)C1=O. The van der Waals surface area contributed by atoms with E-state index >= 15 is 0 Å². The van der Waals surface area contributed by atoms with Gasteiger partial charge in [-0.25, -0.2) is 9.91 Å². The average Bonchev–Trinajstić information content (AvgIpc) is 3.10. The summed E-state index contributed by atoms with van der Waals surface area (Å²) in [7, 11) is 0. The Labute approximate surface area is 210 Å². The third-order valence-corrected chi connectivity index (χ3v) is 5.66. The molecule has 0 bridgehead atoms. The van der Waals surface area contributed by atoms with Crippen molar-refractivity contribution in [2.24, 2.45) is 0 Å². The maximum atomic E-state index is 13.3. The fourth-order valence-electron chi connectivity index (χ4n) is 3.79. The van der Waals surface area contributed by atoms with Crippen LogP contribution in [0.2, 0.25) is 0 Å². The number of anilines is 2. The van der Waals surface area contributed by atoms with Crippen molar-refractivity contribution in [1.82, 2.24) is 10.4 Å². The molecule has 1 fully saturated rings. The molecule has 9 heteroatoms. The smallest absolute Gasteiger partial charge is 0.269 e. The van der Waals surface area contributed by atoms with Crippen molar-refractivity contribution >= 4 is 40.9 Å². The number of nitrogens with one attached hydrogen (secondary N) is 2. The molecule has 0 saturated carbocycles. The van der Waals surface area contributed by atoms with Crippen LogP contribution in [0, 0.1) is 0 Å². The van der Waals surface area contributed by atoms with Crippen LogP contribution < -0.4 is 15.6 Å². The fourth-order valence-corrected chi connectivity index (χ4v) is 3.79. The monoisotopic (exact) mass is 490 g/mol. The molecule has 0 aromatic heterocycles. The van der Waals surface area contributed by atoms with E-state index in [0.29, 0.717) is 16.9 Å². The first-order valence-corrected chi connectivity index (χ1v) is 11.5. The van der Waals surface area contributed by atoms with E-state index in [1.165, 1.54) is 31.2 Å². The number of hydrazine groups is 1. The van der Waals surface area contributed by atoms with Gasteiger partial charge < -0.3 is 5.32 Å². The summed E-state index contributed by atoms with van der Waals surface area (Å²) in [5, 5.41) is 3.52. The zero-order chi connectivity index (χ0) is 26.6. The number of rotatable bonds is 5. The molecule has 0 aliphatic carbocycles. The van der Waals surface area contributed by atoms with E-state index in [2.05, 4.69) is 31.5 Å². The van der Waals surface area contributed by atoms with Crippen molar-refractivity contribution in [2.45, 2.75) is 52.5 Å². The number of imide groups is 1. The number of hydrogen-bond acceptors (Lipinski definition) is 5. The Kier molecular flexibility index (Phi) is 7.72. The Morgan fingerprint density at radius 1 is 1.00 bits per heavy atom. The Morgan fingerprint density at radius 3 is 2.14 bits per heavy atom. The summed E-state index contributed by atoms with van der Waals surface area (Å²) < 4.78 is 0. The Hall–Kier alpha value is -4.27. The number of hydrogen-bond donors (Lipinski definition) is 2. The average molecular weight is 491 g/mol. The van der Waals surface area contributed by atoms with Crippen LogP contribution in [-0.2, 0) is 24.6 Å². The molecule has 188 valence electrons. The molecule has 0 radical (unpaired) electrons. The van der Waals surface area contributed by atoms with E-state index in [4.69, 9.17) is 0 Å². The molecule has 2 aromatic rings. The summed E-state index contributed by atoms with van der Waals surface area (Å²) in [4.78, 5) is 64.1. The highest BCUT2D eigenvalue weighted by molar-refractivity contribution is 6.23. The third-order valence-electron chi connectivity index (χ3n) is 5.66. The van der Waals surface area contributed by atoms with Gasteiger partial charge in [-0.05, 0) is 54.3 Å². The first-order valence-electron chi connectivity index (χ1n) is 11.5. The van der Waals surface area contributed by atoms with Crippen LogP contribution in [0.3, 0.4) is 0 Å². The summed E-state index contributed by atoms with van der Waals surface area (Å²) in [5.74, 6) is -2.62. The van der Waals surface area contributed by atoms with Crippen LogP contribution in [-0.4, -0.2) is 40.6 Å². The molecule has 1 atom stereocenters. The first-order chi connectivity index (χ1) is 16.9. The van der Waals surface area contributed by atoms with Gasteiger partial charge in [-0.2, -0.15) is 0 Å². The zero-order valence-electron chi connectivity index (χ0n) is 21.0. The standard InChI is InChI=1S/C27H30N4O5/c1-6-7-23(33)31(29-25(35)18-8-10-19(11-9-18)27(3,4)5)22-16-24(34)30(26(22)36)21-14-12-20(13-15-21)28-17(2)32/h6-15,22H,16H2,1-5H3,(H,28,32)(H,29,35). The lowest BCUT2D eigenvalue weighted by Crippen LogP contribution is -2.54. The van der Waals surface area contributed by atoms with Gasteiger partial charge in [-0.3, -0.25) is 29.4 Å². The van der Waals surface area contributed by atoms with Crippen LogP contribution in [0.1, 0.15) is 57.0 Å². The van der Waals surface area contributed by atoms with Crippen LogP contribution >= 0.6 is 0 Å². The fraction of sp³-hybridized carbons (Fsp3) is 0.296. The quantitative estimate of drug-likeness (QED) is 0.379. The number of amides is 5. The summed E-state index contributed by atoms with van der Waals surface area (Å²) in [6.45, 7) is 9.17. The molecule has 5 amide bonds. The van der Waals surface area contributed by atoms with Crippen LogP contribution in [0.25, 0.3) is 0 Å². The van der Waals surface area contributed by atoms with Crippen molar-refractivity contribution < 1.29 is 24.0 Å². The molecule has 1 aliphatic rings. The Morgan fingerprint density at radius 2 is 1.61 bits per heavy atom. The highest BCUT2D eigenvalue weighted by Crippen LogP contribution is 2.27. The number of carbonyl (C=O) groups excluding carboxylic acids is 5. The molecule has 36 heavy (non-hydrogen) atoms. The largest absolute Gasteiger partial charge is 0.326 e. The maximum Gasteiger partial charge on any atom is 0.269 e. The second kappa shape index (κ2) is 10.6. The van der Waals surface area contributed by atoms with Gasteiger partial charge in [0.2, 0.25) is 11.8 Å². The van der Waals surface area contributed by atoms with Gasteiger partial charge in [0.05, 0.1) is 12.1 Å². The zero-order valence-corrected chi connectivity index (χ0v) is 21.0. The van der Waals surface area contributed by atoms with Gasteiger partial charge in [-0.15, -0.1) is 0 Å². The molecule has 1 unspecified atom stereocenters. The lowest BCUT2D eigenvalue weighted by atomic mass is 9.87. The van der Waals surface area contributed by atoms with Gasteiger partial charge in [0.25, 0.3) is 17.7 Å². The molecule has 1 aliphatic heterocycles. The maximum absolute atomic E-state index is 13.3. The van der Waals surface area contributed by atoms with E-state index in [0.717, 1.165) is 15.5 Å². The second-order valence-electron chi connectivity index (χ2n) is 9.49. The van der Waals surface area contributed by atoms with Crippen LogP contribution in [0.15, 0.2) is 60.7 Å². The van der Waals surface area contributed by atoms with E-state index in [1.54, 1.807) is 31.2 Å². The van der Waals surface area contributed by atoms with Crippen LogP contribution in [0.5, 0.6) is 0 Å². The lowest BCUT2D eigenvalue weighted by molar-refractivity contribution is -0.137. The van der Waals surface area contributed by atoms with Crippen molar-refractivity contribution in [3.05, 3.63) is 71.8 Å². The van der Waals surface area contributed by atoms with Crippen molar-refractivity contribution in [3.8, 4) is 0 Å². The van der Waals surface area contributed by atoms with E-state index < -0.39 is 29.7 Å². The van der Waals surface area contributed by atoms with Crippen molar-refractivity contribution in [2.75, 3.05) is 10.2 Å². The molecular weight excluding hydrogens is 460 g/mol. The summed E-state index contributed by atoms with van der Waals surface area (Å²) in [6, 6.07) is 11.9. The molecular formula is C27H30N4O5. The minimum absolute atomic E-state index is 0.0939. The van der Waals surface area contributed by atoms with Crippen molar-refractivity contribution in [1.29, 1.82) is 0 Å². The van der Waals surface area contributed by atoms with E-state index in [9.17, 15) is 24.0 Å². The number of carbonyl (C=O) groups is 5. The Balaban J connectivity index is 1.84.